The third kappa shape index (κ3) is 0.585. The summed E-state index contributed by atoms with van der Waals surface area (Å²) in [5.74, 6) is 0. The van der Waals surface area contributed by atoms with Gasteiger partial charge < -0.3 is 4.74 Å². The molecule has 0 aromatic carbocycles. The van der Waals surface area contributed by atoms with Gasteiger partial charge >= 0.3 is 0 Å². The first kappa shape index (κ1) is 6.42. The van der Waals surface area contributed by atoms with Crippen LogP contribution in [0.5, 0.6) is 0 Å². The molecule has 0 N–H and O–H groups in total. The topological polar surface area (TPSA) is 9.23 Å². The second kappa shape index (κ2) is 1.50. The number of rotatable bonds is 0. The van der Waals surface area contributed by atoms with Crippen LogP contribution in [0.15, 0.2) is 0 Å². The van der Waals surface area contributed by atoms with Gasteiger partial charge in [-0.15, -0.1) is 0 Å². The van der Waals surface area contributed by atoms with Gasteiger partial charge in [-0.25, -0.2) is 0 Å². The fourth-order valence-corrected chi connectivity index (χ4v) is 3.44. The molecule has 0 aromatic heterocycles. The van der Waals surface area contributed by atoms with Crippen molar-refractivity contribution < 1.29 is 4.74 Å². The van der Waals surface area contributed by atoms with E-state index in [9.17, 15) is 0 Å². The average molecular weight is 164 g/mol. The Morgan fingerprint density at radius 1 is 0.833 bits per heavy atom. The van der Waals surface area contributed by atoms with E-state index in [2.05, 4.69) is 0 Å². The SMILES string of the molecule is C1CC12COC1(CC1)C1(CC1)C2. The summed E-state index contributed by atoms with van der Waals surface area (Å²) >= 11 is 0. The van der Waals surface area contributed by atoms with Crippen LogP contribution in [0.4, 0.5) is 0 Å². The summed E-state index contributed by atoms with van der Waals surface area (Å²) < 4.78 is 6.13. The first-order valence-electron chi connectivity index (χ1n) is 5.42. The van der Waals surface area contributed by atoms with Gasteiger partial charge in [0.05, 0.1) is 12.2 Å². The van der Waals surface area contributed by atoms with Crippen LogP contribution in [0.1, 0.15) is 44.9 Å². The summed E-state index contributed by atoms with van der Waals surface area (Å²) in [6.07, 6.45) is 10.2. The van der Waals surface area contributed by atoms with Crippen LogP contribution >= 0.6 is 0 Å². The average Bonchev–Trinajstić information content (AvgIpc) is 2.87. The van der Waals surface area contributed by atoms with Crippen molar-refractivity contribution in [1.29, 1.82) is 0 Å². The van der Waals surface area contributed by atoms with E-state index >= 15 is 0 Å². The predicted molar refractivity (Wildman–Crippen MR) is 45.9 cm³/mol. The second-order valence-electron chi connectivity index (χ2n) is 5.74. The molecular weight excluding hydrogens is 148 g/mol. The molecule has 0 unspecified atom stereocenters. The number of ether oxygens (including phenoxy) is 1. The minimum atomic E-state index is 0.431. The van der Waals surface area contributed by atoms with Gasteiger partial charge in [-0.3, -0.25) is 0 Å². The zero-order valence-electron chi connectivity index (χ0n) is 7.57. The summed E-state index contributed by atoms with van der Waals surface area (Å²) in [5.41, 5.74) is 1.84. The van der Waals surface area contributed by atoms with Gasteiger partial charge in [0.15, 0.2) is 0 Å². The van der Waals surface area contributed by atoms with E-state index < -0.39 is 0 Å². The lowest BCUT2D eigenvalue weighted by molar-refractivity contribution is -0.0962. The molecule has 4 aliphatic rings. The van der Waals surface area contributed by atoms with Crippen LogP contribution in [0.3, 0.4) is 0 Å². The van der Waals surface area contributed by atoms with Gasteiger partial charge in [0.25, 0.3) is 0 Å². The highest BCUT2D eigenvalue weighted by atomic mass is 16.5. The standard InChI is InChI=1S/C11H16O/c1-2-9(1)7-10(3-4-10)11(5-6-11)12-8-9/h1-8H2. The fourth-order valence-electron chi connectivity index (χ4n) is 3.44. The third-order valence-electron chi connectivity index (χ3n) is 4.85. The van der Waals surface area contributed by atoms with Gasteiger partial charge in [0.1, 0.15) is 0 Å². The van der Waals surface area contributed by atoms with Gasteiger partial charge in [0.2, 0.25) is 0 Å². The molecule has 4 rings (SSSR count). The maximum Gasteiger partial charge on any atom is 0.0741 e. The first-order chi connectivity index (χ1) is 5.79. The Morgan fingerprint density at radius 3 is 2.08 bits per heavy atom. The van der Waals surface area contributed by atoms with Crippen molar-refractivity contribution in [2.45, 2.75) is 50.5 Å². The molecule has 0 radical (unpaired) electrons. The van der Waals surface area contributed by atoms with Crippen LogP contribution in [-0.2, 0) is 4.74 Å². The minimum absolute atomic E-state index is 0.431. The number of fused-ring (bicyclic) bond motifs is 1. The maximum absolute atomic E-state index is 6.13. The summed E-state index contributed by atoms with van der Waals surface area (Å²) in [6.45, 7) is 1.11. The molecule has 1 aliphatic heterocycles. The van der Waals surface area contributed by atoms with Crippen LogP contribution in [0.2, 0.25) is 0 Å². The van der Waals surface area contributed by atoms with Crippen molar-refractivity contribution in [3.05, 3.63) is 0 Å². The van der Waals surface area contributed by atoms with Crippen LogP contribution in [0, 0.1) is 10.8 Å². The largest absolute Gasteiger partial charge is 0.374 e. The molecule has 12 heavy (non-hydrogen) atoms. The van der Waals surface area contributed by atoms with Gasteiger partial charge in [0, 0.05) is 5.41 Å². The lowest BCUT2D eigenvalue weighted by atomic mass is 9.81. The molecule has 66 valence electrons. The molecule has 4 fully saturated rings. The lowest BCUT2D eigenvalue weighted by Gasteiger charge is -2.37. The van der Waals surface area contributed by atoms with E-state index in [1.165, 1.54) is 44.9 Å². The Morgan fingerprint density at radius 2 is 1.58 bits per heavy atom. The van der Waals surface area contributed by atoms with Gasteiger partial charge in [-0.05, 0) is 50.4 Å². The summed E-state index contributed by atoms with van der Waals surface area (Å²) in [5, 5.41) is 0. The summed E-state index contributed by atoms with van der Waals surface area (Å²) in [7, 11) is 0. The summed E-state index contributed by atoms with van der Waals surface area (Å²) in [4.78, 5) is 0. The van der Waals surface area contributed by atoms with Crippen molar-refractivity contribution >= 4 is 0 Å². The summed E-state index contributed by atoms with van der Waals surface area (Å²) in [6, 6.07) is 0. The molecule has 0 amide bonds. The zero-order chi connectivity index (χ0) is 7.86. The molecule has 0 aromatic rings. The number of hydrogen-bond donors (Lipinski definition) is 0. The van der Waals surface area contributed by atoms with Crippen molar-refractivity contribution in [1.82, 2.24) is 0 Å². The molecule has 1 saturated heterocycles. The Kier molecular flexibility index (Phi) is 0.800. The predicted octanol–water partition coefficient (Wildman–Crippen LogP) is 2.50. The van der Waals surface area contributed by atoms with E-state index in [1.807, 2.05) is 0 Å². The quantitative estimate of drug-likeness (QED) is 0.534. The smallest absolute Gasteiger partial charge is 0.0741 e. The van der Waals surface area contributed by atoms with Crippen molar-refractivity contribution in [2.75, 3.05) is 6.61 Å². The van der Waals surface area contributed by atoms with Crippen molar-refractivity contribution in [3.63, 3.8) is 0 Å². The van der Waals surface area contributed by atoms with E-state index in [0.29, 0.717) is 16.4 Å². The maximum atomic E-state index is 6.13. The molecule has 1 heterocycles. The van der Waals surface area contributed by atoms with Crippen molar-refractivity contribution in [3.8, 4) is 0 Å². The highest BCUT2D eigenvalue weighted by molar-refractivity contribution is 5.22. The van der Waals surface area contributed by atoms with Crippen LogP contribution in [-0.4, -0.2) is 12.2 Å². The molecule has 3 saturated carbocycles. The Balaban J connectivity index is 1.70. The lowest BCUT2D eigenvalue weighted by Crippen LogP contribution is -2.38. The molecular formula is C11H16O. The normalized spacial score (nSPS) is 42.0. The van der Waals surface area contributed by atoms with E-state index in [4.69, 9.17) is 4.74 Å². The highest BCUT2D eigenvalue weighted by Crippen LogP contribution is 2.75. The first-order valence-corrected chi connectivity index (χ1v) is 5.42. The Labute approximate surface area is 73.5 Å². The molecule has 1 heteroatoms. The van der Waals surface area contributed by atoms with E-state index in [1.54, 1.807) is 0 Å². The van der Waals surface area contributed by atoms with Crippen LogP contribution < -0.4 is 0 Å². The Hall–Kier alpha value is -0.0400. The Bertz CT molecular complexity index is 244. The molecule has 3 spiro atoms. The van der Waals surface area contributed by atoms with E-state index in [0.717, 1.165) is 6.61 Å². The fraction of sp³-hybridized carbons (Fsp3) is 1.00. The molecule has 3 aliphatic carbocycles. The van der Waals surface area contributed by atoms with Crippen molar-refractivity contribution in [2.24, 2.45) is 10.8 Å². The highest BCUT2D eigenvalue weighted by Gasteiger charge is 2.72. The minimum Gasteiger partial charge on any atom is -0.374 e. The molecule has 0 bridgehead atoms. The zero-order valence-corrected chi connectivity index (χ0v) is 7.57. The van der Waals surface area contributed by atoms with Gasteiger partial charge in [-0.2, -0.15) is 0 Å². The molecule has 0 atom stereocenters. The van der Waals surface area contributed by atoms with E-state index in [-0.39, 0.29) is 0 Å². The molecule has 1 nitrogen and oxygen atoms in total. The second-order valence-corrected chi connectivity index (χ2v) is 5.74. The monoisotopic (exact) mass is 164 g/mol. The van der Waals surface area contributed by atoms with Crippen LogP contribution in [0.25, 0.3) is 0 Å². The van der Waals surface area contributed by atoms with Gasteiger partial charge in [-0.1, -0.05) is 0 Å². The number of hydrogen-bond acceptors (Lipinski definition) is 1. The third-order valence-corrected chi connectivity index (χ3v) is 4.85.